The molecule has 5 rings (SSSR count). The van der Waals surface area contributed by atoms with E-state index in [4.69, 9.17) is 0 Å². The maximum absolute atomic E-state index is 14.3. The molecule has 0 amide bonds. The van der Waals surface area contributed by atoms with Crippen molar-refractivity contribution in [2.75, 3.05) is 10.6 Å². The summed E-state index contributed by atoms with van der Waals surface area (Å²) in [5.74, 6) is 0.452. The Hall–Kier alpha value is -3.82. The van der Waals surface area contributed by atoms with Crippen LogP contribution in [0.4, 0.5) is 24.9 Å². The van der Waals surface area contributed by atoms with Crippen molar-refractivity contribution in [2.45, 2.75) is 38.0 Å². The number of anilines is 2. The average Bonchev–Trinajstić information content (AvgIpc) is 3.40. The molecule has 0 radical (unpaired) electrons. The van der Waals surface area contributed by atoms with E-state index in [1.54, 1.807) is 18.3 Å². The van der Waals surface area contributed by atoms with Crippen molar-refractivity contribution in [2.24, 2.45) is 0 Å². The number of pyridine rings is 2. The minimum Gasteiger partial charge on any atom is -0.434 e. The number of alkyl halides is 2. The smallest absolute Gasteiger partial charge is 0.387 e. The Bertz CT molecular complexity index is 1210. The summed E-state index contributed by atoms with van der Waals surface area (Å²) in [7, 11) is 0. The predicted octanol–water partition coefficient (Wildman–Crippen LogP) is 5.21. The van der Waals surface area contributed by atoms with Gasteiger partial charge < -0.3 is 20.4 Å². The number of H-pyrrole nitrogens is 1. The third-order valence-electron chi connectivity index (χ3n) is 5.62. The first-order valence-electron chi connectivity index (χ1n) is 10.6. The first-order valence-corrected chi connectivity index (χ1v) is 10.6. The van der Waals surface area contributed by atoms with Gasteiger partial charge in [0.2, 0.25) is 5.95 Å². The predicted molar refractivity (Wildman–Crippen MR) is 119 cm³/mol. The molecule has 1 fully saturated rings. The molecular weight excluding hydrogens is 433 g/mol. The van der Waals surface area contributed by atoms with Crippen LogP contribution in [0.2, 0.25) is 0 Å². The molecular formula is C23H21F3N6O. The van der Waals surface area contributed by atoms with Gasteiger partial charge in [-0.05, 0) is 55.7 Å². The van der Waals surface area contributed by atoms with Gasteiger partial charge in [0, 0.05) is 30.0 Å². The third-order valence-corrected chi connectivity index (χ3v) is 5.62. The molecule has 7 nitrogen and oxygen atoms in total. The highest BCUT2D eigenvalue weighted by atomic mass is 19.3. The number of nitrogens with one attached hydrogen (secondary N) is 3. The lowest BCUT2D eigenvalue weighted by Gasteiger charge is -2.15. The monoisotopic (exact) mass is 454 g/mol. The summed E-state index contributed by atoms with van der Waals surface area (Å²) in [5.41, 5.74) is 1.88. The fraction of sp³-hybridized carbons (Fsp3) is 0.261. The molecule has 4 aromatic rings. The van der Waals surface area contributed by atoms with E-state index in [1.807, 2.05) is 12.1 Å². The van der Waals surface area contributed by atoms with Crippen LogP contribution in [0.25, 0.3) is 22.3 Å². The van der Waals surface area contributed by atoms with Gasteiger partial charge in [-0.3, -0.25) is 0 Å². The van der Waals surface area contributed by atoms with Crippen LogP contribution in [0.1, 0.15) is 19.3 Å². The Kier molecular flexibility index (Phi) is 5.72. The molecule has 1 aliphatic rings. The summed E-state index contributed by atoms with van der Waals surface area (Å²) in [6, 6.07) is 11.4. The largest absolute Gasteiger partial charge is 0.434 e. The number of imidazole rings is 1. The van der Waals surface area contributed by atoms with Gasteiger partial charge in [0.25, 0.3) is 0 Å². The SMILES string of the molecule is Fc1cccc(OC(F)F)c1-c1ccc(N[C@H]2CC[C@H](Nc3nc4cccnc4[nH]3)C2)nc1. The molecule has 0 bridgehead atoms. The summed E-state index contributed by atoms with van der Waals surface area (Å²) in [6.07, 6.45) is 5.94. The van der Waals surface area contributed by atoms with Crippen LogP contribution in [-0.2, 0) is 0 Å². The Labute approximate surface area is 187 Å². The van der Waals surface area contributed by atoms with Gasteiger partial charge in [0.15, 0.2) is 5.65 Å². The topological polar surface area (TPSA) is 87.8 Å². The second-order valence-corrected chi connectivity index (χ2v) is 7.88. The number of benzene rings is 1. The van der Waals surface area contributed by atoms with Gasteiger partial charge in [0.1, 0.15) is 22.9 Å². The lowest BCUT2D eigenvalue weighted by molar-refractivity contribution is -0.0495. The lowest BCUT2D eigenvalue weighted by atomic mass is 10.1. The van der Waals surface area contributed by atoms with Crippen molar-refractivity contribution < 1.29 is 17.9 Å². The van der Waals surface area contributed by atoms with Crippen molar-refractivity contribution in [1.29, 1.82) is 0 Å². The molecule has 2 atom stereocenters. The minimum absolute atomic E-state index is 0.0395. The summed E-state index contributed by atoms with van der Waals surface area (Å²) in [4.78, 5) is 16.3. The van der Waals surface area contributed by atoms with E-state index in [9.17, 15) is 13.2 Å². The maximum Gasteiger partial charge on any atom is 0.387 e. The number of fused-ring (bicyclic) bond motifs is 1. The molecule has 0 spiro atoms. The van der Waals surface area contributed by atoms with E-state index in [0.29, 0.717) is 17.3 Å². The molecule has 3 heterocycles. The van der Waals surface area contributed by atoms with Crippen LogP contribution >= 0.6 is 0 Å². The molecule has 1 aromatic carbocycles. The van der Waals surface area contributed by atoms with Crippen molar-refractivity contribution in [3.8, 4) is 16.9 Å². The van der Waals surface area contributed by atoms with Crippen molar-refractivity contribution in [3.63, 3.8) is 0 Å². The Morgan fingerprint density at radius 2 is 1.85 bits per heavy atom. The Balaban J connectivity index is 1.22. The summed E-state index contributed by atoms with van der Waals surface area (Å²) >= 11 is 0. The zero-order valence-electron chi connectivity index (χ0n) is 17.4. The number of hydrogen-bond acceptors (Lipinski definition) is 6. The summed E-state index contributed by atoms with van der Waals surface area (Å²) < 4.78 is 44.1. The number of halogens is 3. The number of aromatic amines is 1. The Morgan fingerprint density at radius 1 is 1.00 bits per heavy atom. The zero-order chi connectivity index (χ0) is 22.8. The Morgan fingerprint density at radius 3 is 2.61 bits per heavy atom. The molecule has 0 unspecified atom stereocenters. The summed E-state index contributed by atoms with van der Waals surface area (Å²) in [5, 5.41) is 6.80. The van der Waals surface area contributed by atoms with Crippen LogP contribution in [0, 0.1) is 5.82 Å². The van der Waals surface area contributed by atoms with Gasteiger partial charge in [0.05, 0.1) is 5.56 Å². The standard InChI is InChI=1S/C23H21F3N6O/c24-16-3-1-5-18(33-22(25)26)20(16)13-6-9-19(28-12-13)29-14-7-8-15(11-14)30-23-31-17-4-2-10-27-21(17)32-23/h1-6,9-10,12,14-15,22H,7-8,11H2,(H,28,29)(H2,27,30,31,32)/t14-,15-/m0/s1. The fourth-order valence-corrected chi connectivity index (χ4v) is 4.16. The van der Waals surface area contributed by atoms with E-state index < -0.39 is 12.4 Å². The summed E-state index contributed by atoms with van der Waals surface area (Å²) in [6.45, 7) is -3.04. The van der Waals surface area contributed by atoms with Crippen molar-refractivity contribution in [3.05, 3.63) is 60.7 Å². The van der Waals surface area contributed by atoms with Crippen LogP contribution in [0.3, 0.4) is 0 Å². The second kappa shape index (κ2) is 8.97. The first kappa shape index (κ1) is 21.0. The molecule has 3 N–H and O–H groups in total. The number of aromatic nitrogens is 4. The number of nitrogens with zero attached hydrogens (tertiary/aromatic N) is 3. The minimum atomic E-state index is -3.04. The quantitative estimate of drug-likeness (QED) is 0.356. The average molecular weight is 454 g/mol. The highest BCUT2D eigenvalue weighted by Crippen LogP contribution is 2.34. The van der Waals surface area contributed by atoms with E-state index in [0.717, 1.165) is 30.4 Å². The first-order chi connectivity index (χ1) is 16.0. The van der Waals surface area contributed by atoms with Gasteiger partial charge in [-0.1, -0.05) is 6.07 Å². The third kappa shape index (κ3) is 4.69. The van der Waals surface area contributed by atoms with E-state index in [-0.39, 0.29) is 23.4 Å². The lowest BCUT2D eigenvalue weighted by Crippen LogP contribution is -2.21. The molecule has 170 valence electrons. The molecule has 1 aliphatic carbocycles. The fourth-order valence-electron chi connectivity index (χ4n) is 4.16. The van der Waals surface area contributed by atoms with Crippen molar-refractivity contribution in [1.82, 2.24) is 19.9 Å². The van der Waals surface area contributed by atoms with Gasteiger partial charge in [-0.2, -0.15) is 8.78 Å². The molecule has 10 heteroatoms. The molecule has 3 aromatic heterocycles. The van der Waals surface area contributed by atoms with Crippen LogP contribution < -0.4 is 15.4 Å². The van der Waals surface area contributed by atoms with Gasteiger partial charge in [-0.25, -0.2) is 19.3 Å². The highest BCUT2D eigenvalue weighted by molar-refractivity contribution is 5.73. The van der Waals surface area contributed by atoms with Gasteiger partial charge in [-0.15, -0.1) is 0 Å². The molecule has 33 heavy (non-hydrogen) atoms. The van der Waals surface area contributed by atoms with Crippen molar-refractivity contribution >= 4 is 22.9 Å². The number of ether oxygens (including phenoxy) is 1. The van der Waals surface area contributed by atoms with E-state index >= 15 is 0 Å². The zero-order valence-corrected chi connectivity index (χ0v) is 17.4. The number of rotatable bonds is 7. The van der Waals surface area contributed by atoms with E-state index in [2.05, 4.69) is 35.3 Å². The van der Waals surface area contributed by atoms with Gasteiger partial charge >= 0.3 is 6.61 Å². The normalized spacial score (nSPS) is 18.1. The molecule has 0 saturated heterocycles. The van der Waals surface area contributed by atoms with E-state index in [1.165, 1.54) is 24.4 Å². The molecule has 1 saturated carbocycles. The number of hydrogen-bond donors (Lipinski definition) is 3. The van der Waals surface area contributed by atoms with Crippen LogP contribution in [-0.4, -0.2) is 38.6 Å². The van der Waals surface area contributed by atoms with Crippen LogP contribution in [0.5, 0.6) is 5.75 Å². The molecule has 0 aliphatic heterocycles. The second-order valence-electron chi connectivity index (χ2n) is 7.88. The maximum atomic E-state index is 14.3. The van der Waals surface area contributed by atoms with Crippen LogP contribution in [0.15, 0.2) is 54.9 Å². The highest BCUT2D eigenvalue weighted by Gasteiger charge is 2.25.